The lowest BCUT2D eigenvalue weighted by atomic mass is 9.97. The molecule has 39 heavy (non-hydrogen) atoms. The Morgan fingerprint density at radius 3 is 2.51 bits per heavy atom. The number of hydrogen-bond donors (Lipinski definition) is 3. The number of ether oxygens (including phenoxy) is 2. The molecule has 2 aromatic rings. The number of rotatable bonds is 14. The summed E-state index contributed by atoms with van der Waals surface area (Å²) in [6, 6.07) is 12.4. The maximum Gasteiger partial charge on any atom is 0.330 e. The van der Waals surface area contributed by atoms with Crippen LogP contribution in [0.1, 0.15) is 38.7 Å². The summed E-state index contributed by atoms with van der Waals surface area (Å²) >= 11 is 0. The Balaban J connectivity index is 1.83. The van der Waals surface area contributed by atoms with Crippen LogP contribution in [0.5, 0.6) is 0 Å². The number of carbonyl (C=O) groups is 4. The van der Waals surface area contributed by atoms with Crippen LogP contribution in [0.25, 0.3) is 10.8 Å². The maximum absolute atomic E-state index is 13.2. The van der Waals surface area contributed by atoms with E-state index in [0.717, 1.165) is 22.8 Å². The third-order valence-electron chi connectivity index (χ3n) is 7.22. The van der Waals surface area contributed by atoms with Crippen LogP contribution in [0.2, 0.25) is 0 Å². The Hall–Kier alpha value is -3.50. The molecule has 212 valence electrons. The van der Waals surface area contributed by atoms with Crippen molar-refractivity contribution in [3.63, 3.8) is 0 Å². The van der Waals surface area contributed by atoms with Crippen molar-refractivity contribution in [3.8, 4) is 0 Å². The predicted molar refractivity (Wildman–Crippen MR) is 148 cm³/mol. The first kappa shape index (κ1) is 30.0. The van der Waals surface area contributed by atoms with Crippen LogP contribution in [-0.4, -0.2) is 80.6 Å². The van der Waals surface area contributed by atoms with E-state index in [4.69, 9.17) is 9.47 Å². The average molecular weight is 541 g/mol. The first-order valence-corrected chi connectivity index (χ1v) is 13.4. The van der Waals surface area contributed by atoms with Gasteiger partial charge in [0.25, 0.3) is 0 Å². The van der Waals surface area contributed by atoms with Gasteiger partial charge in [0.15, 0.2) is 6.04 Å². The topological polar surface area (TPSA) is 126 Å². The third kappa shape index (κ3) is 8.49. The summed E-state index contributed by atoms with van der Waals surface area (Å²) in [5.74, 6) is -1.18. The molecule has 0 radical (unpaired) electrons. The molecule has 0 bridgehead atoms. The van der Waals surface area contributed by atoms with E-state index in [2.05, 4.69) is 29.8 Å². The smallest absolute Gasteiger partial charge is 0.330 e. The molecule has 1 aliphatic rings. The van der Waals surface area contributed by atoms with Crippen molar-refractivity contribution in [2.75, 3.05) is 33.9 Å². The van der Waals surface area contributed by atoms with Crippen LogP contribution in [0.15, 0.2) is 42.5 Å². The lowest BCUT2D eigenvalue weighted by molar-refractivity contribution is -0.146. The van der Waals surface area contributed by atoms with Gasteiger partial charge >= 0.3 is 5.97 Å². The molecule has 10 heteroatoms. The number of amides is 3. The minimum atomic E-state index is -0.928. The van der Waals surface area contributed by atoms with Crippen molar-refractivity contribution in [1.29, 1.82) is 0 Å². The van der Waals surface area contributed by atoms with Gasteiger partial charge in [0, 0.05) is 32.7 Å². The van der Waals surface area contributed by atoms with Gasteiger partial charge in [0.1, 0.15) is 6.04 Å². The van der Waals surface area contributed by atoms with Crippen LogP contribution < -0.4 is 16.0 Å². The Morgan fingerprint density at radius 2 is 1.85 bits per heavy atom. The molecule has 1 saturated heterocycles. The number of benzene rings is 2. The van der Waals surface area contributed by atoms with Crippen LogP contribution in [-0.2, 0) is 35.2 Å². The molecule has 4 atom stereocenters. The molecular weight excluding hydrogens is 500 g/mol. The van der Waals surface area contributed by atoms with Gasteiger partial charge in [0.05, 0.1) is 20.3 Å². The number of carbonyl (C=O) groups excluding carboxylic acids is 4. The molecule has 1 heterocycles. The zero-order valence-electron chi connectivity index (χ0n) is 23.2. The molecule has 3 N–H and O–H groups in total. The average Bonchev–Trinajstić information content (AvgIpc) is 3.38. The molecule has 0 aliphatic carbocycles. The second-order valence-electron chi connectivity index (χ2n) is 10.1. The zero-order valence-corrected chi connectivity index (χ0v) is 23.2. The van der Waals surface area contributed by atoms with Crippen molar-refractivity contribution >= 4 is 34.5 Å². The highest BCUT2D eigenvalue weighted by molar-refractivity contribution is 5.91. The fourth-order valence-electron chi connectivity index (χ4n) is 4.80. The Kier molecular flexibility index (Phi) is 11.2. The van der Waals surface area contributed by atoms with Crippen LogP contribution in [0, 0.1) is 5.92 Å². The highest BCUT2D eigenvalue weighted by Gasteiger charge is 2.31. The van der Waals surface area contributed by atoms with Gasteiger partial charge in [-0.3, -0.25) is 19.3 Å². The summed E-state index contributed by atoms with van der Waals surface area (Å²) in [5, 5.41) is 10.7. The SMILES string of the molecule is CC[C@H](C)[C@@H](CN(CC(=O)N[C@@H](COC)C(=O)OC)Cc1cccc2ccccc12)NC(=O)[C@@H]1CCC(=O)N1. The van der Waals surface area contributed by atoms with Crippen LogP contribution in [0.4, 0.5) is 0 Å². The number of esters is 1. The number of nitrogens with one attached hydrogen (secondary N) is 3. The highest BCUT2D eigenvalue weighted by Crippen LogP contribution is 2.21. The van der Waals surface area contributed by atoms with E-state index in [1.54, 1.807) is 0 Å². The lowest BCUT2D eigenvalue weighted by Crippen LogP contribution is -2.54. The quantitative estimate of drug-likeness (QED) is 0.312. The van der Waals surface area contributed by atoms with E-state index in [1.807, 2.05) is 47.4 Å². The summed E-state index contributed by atoms with van der Waals surface area (Å²) < 4.78 is 9.88. The number of methoxy groups -OCH3 is 2. The molecule has 1 aliphatic heterocycles. The first-order chi connectivity index (χ1) is 18.7. The van der Waals surface area contributed by atoms with E-state index in [9.17, 15) is 19.2 Å². The maximum atomic E-state index is 13.2. The molecule has 0 aromatic heterocycles. The molecule has 3 rings (SSSR count). The third-order valence-corrected chi connectivity index (χ3v) is 7.22. The number of nitrogens with zero attached hydrogens (tertiary/aromatic N) is 1. The summed E-state index contributed by atoms with van der Waals surface area (Å²) in [7, 11) is 2.71. The van der Waals surface area contributed by atoms with Crippen LogP contribution >= 0.6 is 0 Å². The van der Waals surface area contributed by atoms with Gasteiger partial charge in [-0.25, -0.2) is 4.79 Å². The van der Waals surface area contributed by atoms with Gasteiger partial charge in [-0.1, -0.05) is 62.7 Å². The molecule has 0 unspecified atom stereocenters. The summed E-state index contributed by atoms with van der Waals surface area (Å²) in [5.41, 5.74) is 1.04. The lowest BCUT2D eigenvalue weighted by Gasteiger charge is -2.32. The zero-order chi connectivity index (χ0) is 28.4. The second-order valence-corrected chi connectivity index (χ2v) is 10.1. The van der Waals surface area contributed by atoms with E-state index < -0.39 is 18.1 Å². The van der Waals surface area contributed by atoms with Gasteiger partial charge in [-0.05, 0) is 28.7 Å². The Morgan fingerprint density at radius 1 is 1.10 bits per heavy atom. The standard InChI is InChI=1S/C29H40N4O6/c1-5-19(2)24(32-28(36)23-13-14-26(34)30-23)16-33(17-27(35)31-25(18-38-3)29(37)39-4)15-21-11-8-10-20-9-6-7-12-22(20)21/h6-12,19,23-25H,5,13-18H2,1-4H3,(H,30,34)(H,31,35)(H,32,36)/t19-,23-,24+,25-/m0/s1. The molecule has 10 nitrogen and oxygen atoms in total. The fraction of sp³-hybridized carbons (Fsp3) is 0.517. The largest absolute Gasteiger partial charge is 0.467 e. The van der Waals surface area contributed by atoms with E-state index in [1.165, 1.54) is 14.2 Å². The van der Waals surface area contributed by atoms with Crippen molar-refractivity contribution in [2.24, 2.45) is 5.92 Å². The summed E-state index contributed by atoms with van der Waals surface area (Å²) in [6.07, 6.45) is 1.62. The van der Waals surface area contributed by atoms with Crippen molar-refractivity contribution in [2.45, 2.75) is 57.8 Å². The summed E-state index contributed by atoms with van der Waals surface area (Å²) in [6.45, 7) is 4.93. The van der Waals surface area contributed by atoms with Gasteiger partial charge in [-0.15, -0.1) is 0 Å². The molecule has 0 spiro atoms. The molecule has 3 amide bonds. The van der Waals surface area contributed by atoms with Gasteiger partial charge < -0.3 is 25.4 Å². The fourth-order valence-corrected chi connectivity index (χ4v) is 4.80. The number of hydrogen-bond acceptors (Lipinski definition) is 7. The van der Waals surface area contributed by atoms with Gasteiger partial charge in [-0.2, -0.15) is 0 Å². The van der Waals surface area contributed by atoms with E-state index >= 15 is 0 Å². The van der Waals surface area contributed by atoms with Crippen molar-refractivity contribution in [1.82, 2.24) is 20.9 Å². The number of fused-ring (bicyclic) bond motifs is 1. The van der Waals surface area contributed by atoms with Gasteiger partial charge in [0.2, 0.25) is 17.7 Å². The molecular formula is C29H40N4O6. The predicted octanol–water partition coefficient (Wildman–Crippen LogP) is 1.76. The van der Waals surface area contributed by atoms with Crippen molar-refractivity contribution < 1.29 is 28.7 Å². The minimum absolute atomic E-state index is 0.0105. The molecule has 2 aromatic carbocycles. The highest BCUT2D eigenvalue weighted by atomic mass is 16.5. The first-order valence-electron chi connectivity index (χ1n) is 13.4. The van der Waals surface area contributed by atoms with E-state index in [0.29, 0.717) is 25.9 Å². The Bertz CT molecular complexity index is 1150. The normalized spacial score (nSPS) is 17.4. The Labute approximate surface area is 229 Å². The van der Waals surface area contributed by atoms with Crippen LogP contribution in [0.3, 0.4) is 0 Å². The molecule has 1 fully saturated rings. The second kappa shape index (κ2) is 14.6. The minimum Gasteiger partial charge on any atom is -0.467 e. The van der Waals surface area contributed by atoms with E-state index in [-0.39, 0.29) is 42.8 Å². The monoisotopic (exact) mass is 540 g/mol. The molecule has 0 saturated carbocycles. The van der Waals surface area contributed by atoms with Crippen molar-refractivity contribution in [3.05, 3.63) is 48.0 Å². The summed E-state index contributed by atoms with van der Waals surface area (Å²) in [4.78, 5) is 51.9.